The Bertz CT molecular complexity index is 889. The molecule has 1 aliphatic carbocycles. The summed E-state index contributed by atoms with van der Waals surface area (Å²) in [6, 6.07) is 10.4. The number of ether oxygens (including phenoxy) is 1. The average molecular weight is 477 g/mol. The third-order valence-corrected chi connectivity index (χ3v) is 5.21. The van der Waals surface area contributed by atoms with Gasteiger partial charge in [-0.05, 0) is 71.4 Å². The molecule has 0 unspecified atom stereocenters. The molecule has 1 aromatic heterocycles. The molecule has 1 fully saturated rings. The van der Waals surface area contributed by atoms with Crippen LogP contribution in [0.4, 0.5) is 5.69 Å². The summed E-state index contributed by atoms with van der Waals surface area (Å²) in [6.07, 6.45) is 2.71. The number of nitrogens with zero attached hydrogens (tertiary/aromatic N) is 1. The Balaban J connectivity index is 1.54. The van der Waals surface area contributed by atoms with Crippen LogP contribution in [0.25, 0.3) is 0 Å². The summed E-state index contributed by atoms with van der Waals surface area (Å²) in [5.74, 6) is 0.103. The summed E-state index contributed by atoms with van der Waals surface area (Å²) in [5.41, 5.74) is 1.46. The molecule has 30 heavy (non-hydrogen) atoms. The molecule has 1 heterocycles. The van der Waals surface area contributed by atoms with Crippen LogP contribution in [0.3, 0.4) is 0 Å². The van der Waals surface area contributed by atoms with Crippen LogP contribution in [0.15, 0.2) is 45.5 Å². The zero-order valence-corrected chi connectivity index (χ0v) is 18.4. The number of carbonyl (C=O) groups is 3. The number of hydrogen-bond acceptors (Lipinski definition) is 5. The fourth-order valence-corrected chi connectivity index (χ4v) is 3.32. The van der Waals surface area contributed by atoms with Crippen molar-refractivity contribution in [2.45, 2.75) is 32.6 Å². The minimum absolute atomic E-state index is 0.0107. The van der Waals surface area contributed by atoms with E-state index in [1.165, 1.54) is 0 Å². The number of hydrogen-bond donors (Lipinski definition) is 1. The van der Waals surface area contributed by atoms with Crippen molar-refractivity contribution in [1.29, 1.82) is 0 Å². The molecule has 160 valence electrons. The van der Waals surface area contributed by atoms with E-state index in [9.17, 15) is 14.4 Å². The van der Waals surface area contributed by atoms with Gasteiger partial charge in [0.2, 0.25) is 5.91 Å². The van der Waals surface area contributed by atoms with Gasteiger partial charge in [-0.1, -0.05) is 12.1 Å². The monoisotopic (exact) mass is 476 g/mol. The highest BCUT2D eigenvalue weighted by Gasteiger charge is 2.27. The molecular weight excluding hydrogens is 452 g/mol. The maximum Gasteiger partial charge on any atom is 0.307 e. The van der Waals surface area contributed by atoms with Gasteiger partial charge in [-0.25, -0.2) is 0 Å². The van der Waals surface area contributed by atoms with Crippen molar-refractivity contribution in [2.75, 3.05) is 25.0 Å². The van der Waals surface area contributed by atoms with Gasteiger partial charge in [0.25, 0.3) is 5.91 Å². The fourth-order valence-electron chi connectivity index (χ4n) is 3.01. The number of nitrogens with one attached hydrogen (secondary N) is 1. The number of amides is 2. The first-order chi connectivity index (χ1) is 14.4. The Labute approximate surface area is 183 Å². The predicted octanol–water partition coefficient (Wildman–Crippen LogP) is 4.03. The van der Waals surface area contributed by atoms with Crippen LogP contribution in [-0.4, -0.2) is 42.4 Å². The third-order valence-electron chi connectivity index (χ3n) is 4.78. The van der Waals surface area contributed by atoms with Gasteiger partial charge in [0.05, 0.1) is 19.4 Å². The normalized spacial score (nSPS) is 13.0. The molecule has 1 saturated carbocycles. The summed E-state index contributed by atoms with van der Waals surface area (Å²) in [6.45, 7) is 3.17. The third kappa shape index (κ3) is 6.73. The highest BCUT2D eigenvalue weighted by atomic mass is 79.9. The van der Waals surface area contributed by atoms with Gasteiger partial charge in [-0.15, -0.1) is 0 Å². The quantitative estimate of drug-likeness (QED) is 0.522. The number of anilines is 1. The van der Waals surface area contributed by atoms with E-state index in [1.807, 2.05) is 12.1 Å². The molecule has 2 amide bonds. The number of carbonyl (C=O) groups excluding carboxylic acids is 3. The van der Waals surface area contributed by atoms with Crippen LogP contribution in [0.1, 0.15) is 42.3 Å². The van der Waals surface area contributed by atoms with Crippen molar-refractivity contribution in [3.8, 4) is 0 Å². The average Bonchev–Trinajstić information content (AvgIpc) is 3.44. The second-order valence-corrected chi connectivity index (χ2v) is 8.05. The van der Waals surface area contributed by atoms with Gasteiger partial charge in [-0.3, -0.25) is 14.4 Å². The molecule has 7 nitrogen and oxygen atoms in total. The first-order valence-corrected chi connectivity index (χ1v) is 10.8. The van der Waals surface area contributed by atoms with Crippen molar-refractivity contribution in [3.05, 3.63) is 52.4 Å². The molecule has 0 atom stereocenters. The minimum Gasteiger partial charge on any atom is -0.466 e. The number of furan rings is 1. The lowest BCUT2D eigenvalue weighted by atomic mass is 10.1. The highest BCUT2D eigenvalue weighted by molar-refractivity contribution is 9.10. The molecule has 8 heteroatoms. The maximum atomic E-state index is 12.8. The minimum atomic E-state index is -0.348. The fraction of sp³-hybridized carbons (Fsp3) is 0.409. The molecule has 0 bridgehead atoms. The summed E-state index contributed by atoms with van der Waals surface area (Å²) in [7, 11) is 0. The van der Waals surface area contributed by atoms with E-state index >= 15 is 0 Å². The van der Waals surface area contributed by atoms with E-state index in [2.05, 4.69) is 21.2 Å². The number of benzene rings is 1. The Hall–Kier alpha value is -2.61. The van der Waals surface area contributed by atoms with Crippen LogP contribution >= 0.6 is 15.9 Å². The Morgan fingerprint density at radius 1 is 1.17 bits per heavy atom. The molecule has 2 aromatic rings. The van der Waals surface area contributed by atoms with E-state index in [0.717, 1.165) is 18.4 Å². The predicted molar refractivity (Wildman–Crippen MR) is 115 cm³/mol. The molecule has 0 radical (unpaired) electrons. The van der Waals surface area contributed by atoms with Crippen LogP contribution < -0.4 is 5.32 Å². The lowest BCUT2D eigenvalue weighted by molar-refractivity contribution is -0.144. The summed E-state index contributed by atoms with van der Waals surface area (Å²) < 4.78 is 10.7. The second kappa shape index (κ2) is 10.4. The molecule has 0 saturated heterocycles. The van der Waals surface area contributed by atoms with E-state index in [-0.39, 0.29) is 36.4 Å². The smallest absolute Gasteiger partial charge is 0.307 e. The van der Waals surface area contributed by atoms with E-state index in [0.29, 0.717) is 36.0 Å². The Morgan fingerprint density at radius 2 is 1.90 bits per heavy atom. The van der Waals surface area contributed by atoms with Crippen LogP contribution in [-0.2, 0) is 20.7 Å². The first kappa shape index (κ1) is 22.1. The standard InChI is InChI=1S/C22H25BrN2O5/c1-2-29-21(27)11-12-25(14-16-3-4-16)20(26)13-15-5-7-17(8-6-15)24-22(28)18-9-10-19(23)30-18/h5-10,16H,2-4,11-14H2,1H3,(H,24,28). The van der Waals surface area contributed by atoms with Gasteiger partial charge < -0.3 is 19.4 Å². The molecule has 0 spiro atoms. The largest absolute Gasteiger partial charge is 0.466 e. The number of halogens is 1. The van der Waals surface area contributed by atoms with Gasteiger partial charge in [-0.2, -0.15) is 0 Å². The zero-order valence-electron chi connectivity index (χ0n) is 16.9. The first-order valence-electron chi connectivity index (χ1n) is 10.0. The van der Waals surface area contributed by atoms with E-state index in [4.69, 9.17) is 9.15 Å². The molecule has 1 aliphatic rings. The number of esters is 1. The van der Waals surface area contributed by atoms with E-state index in [1.54, 1.807) is 36.1 Å². The van der Waals surface area contributed by atoms with Gasteiger partial charge >= 0.3 is 5.97 Å². The molecule has 0 aliphatic heterocycles. The molecular formula is C22H25BrN2O5. The van der Waals surface area contributed by atoms with Crippen molar-refractivity contribution < 1.29 is 23.5 Å². The summed E-state index contributed by atoms with van der Waals surface area (Å²) >= 11 is 3.17. The molecule has 1 aromatic carbocycles. The van der Waals surface area contributed by atoms with E-state index < -0.39 is 0 Å². The highest BCUT2D eigenvalue weighted by Crippen LogP contribution is 2.30. The number of rotatable bonds is 10. The molecule has 1 N–H and O–H groups in total. The lowest BCUT2D eigenvalue weighted by Crippen LogP contribution is -2.36. The van der Waals surface area contributed by atoms with Crippen molar-refractivity contribution in [1.82, 2.24) is 4.90 Å². The second-order valence-electron chi connectivity index (χ2n) is 7.27. The van der Waals surface area contributed by atoms with Gasteiger partial charge in [0, 0.05) is 18.8 Å². The zero-order chi connectivity index (χ0) is 21.5. The summed E-state index contributed by atoms with van der Waals surface area (Å²) in [4.78, 5) is 38.3. The topological polar surface area (TPSA) is 88.9 Å². The van der Waals surface area contributed by atoms with Crippen molar-refractivity contribution in [2.24, 2.45) is 5.92 Å². The van der Waals surface area contributed by atoms with Crippen molar-refractivity contribution >= 4 is 39.4 Å². The SMILES string of the molecule is CCOC(=O)CCN(CC1CC1)C(=O)Cc1ccc(NC(=O)c2ccc(Br)o2)cc1. The lowest BCUT2D eigenvalue weighted by Gasteiger charge is -2.22. The van der Waals surface area contributed by atoms with Crippen LogP contribution in [0.5, 0.6) is 0 Å². The van der Waals surface area contributed by atoms with Gasteiger partial charge in [0.15, 0.2) is 10.4 Å². The Kier molecular flexibility index (Phi) is 7.68. The van der Waals surface area contributed by atoms with Crippen LogP contribution in [0, 0.1) is 5.92 Å². The Morgan fingerprint density at radius 3 is 2.50 bits per heavy atom. The van der Waals surface area contributed by atoms with Gasteiger partial charge in [0.1, 0.15) is 0 Å². The maximum absolute atomic E-state index is 12.8. The van der Waals surface area contributed by atoms with Crippen molar-refractivity contribution in [3.63, 3.8) is 0 Å². The summed E-state index contributed by atoms with van der Waals surface area (Å²) in [5, 5.41) is 2.75. The molecule has 3 rings (SSSR count). The van der Waals surface area contributed by atoms with Crippen LogP contribution in [0.2, 0.25) is 0 Å².